The Morgan fingerprint density at radius 3 is 2.80 bits per heavy atom. The van der Waals surface area contributed by atoms with Gasteiger partial charge in [0.2, 0.25) is 0 Å². The van der Waals surface area contributed by atoms with Crippen LogP contribution in [0.3, 0.4) is 0 Å². The number of aryl methyl sites for hydroxylation is 1. The lowest BCUT2D eigenvalue weighted by atomic mass is 10.0. The molecule has 82 valence electrons. The summed E-state index contributed by atoms with van der Waals surface area (Å²) in [5.41, 5.74) is 6.60. The zero-order valence-electron chi connectivity index (χ0n) is 8.13. The first kappa shape index (κ1) is 12.1. The fourth-order valence-electron chi connectivity index (χ4n) is 1.25. The van der Waals surface area contributed by atoms with E-state index < -0.39 is 17.8 Å². The van der Waals surface area contributed by atoms with E-state index in [1.807, 2.05) is 0 Å². The third kappa shape index (κ3) is 2.76. The first-order valence-corrected chi connectivity index (χ1v) is 5.14. The van der Waals surface area contributed by atoms with E-state index in [4.69, 9.17) is 10.8 Å². The van der Waals surface area contributed by atoms with Gasteiger partial charge in [0.1, 0.15) is 5.82 Å². The number of rotatable bonds is 3. The molecule has 1 aromatic rings. The van der Waals surface area contributed by atoms with Gasteiger partial charge in [0.15, 0.2) is 0 Å². The van der Waals surface area contributed by atoms with Gasteiger partial charge in [-0.2, -0.15) is 0 Å². The van der Waals surface area contributed by atoms with Gasteiger partial charge in [0.05, 0.1) is 10.9 Å². The van der Waals surface area contributed by atoms with Crippen molar-refractivity contribution in [3.05, 3.63) is 33.5 Å². The quantitative estimate of drug-likeness (QED) is 0.890. The summed E-state index contributed by atoms with van der Waals surface area (Å²) in [6.45, 7) is 1.63. The number of nitrogens with two attached hydrogens (primary N) is 1. The topological polar surface area (TPSA) is 63.3 Å². The van der Waals surface area contributed by atoms with E-state index in [0.717, 1.165) is 0 Å². The molecule has 3 nitrogen and oxygen atoms in total. The molecule has 0 radical (unpaired) electrons. The molecule has 1 rings (SSSR count). The standard InChI is InChI=1S/C10H11BrFNO2/c1-5-2-3-6(9(11)10(5)12)7(13)4-8(14)15/h2-3,7H,4,13H2,1H3,(H,14,15). The summed E-state index contributed by atoms with van der Waals surface area (Å²) in [7, 11) is 0. The summed E-state index contributed by atoms with van der Waals surface area (Å²) in [6.07, 6.45) is -0.221. The lowest BCUT2D eigenvalue weighted by Gasteiger charge is -2.13. The van der Waals surface area contributed by atoms with Gasteiger partial charge in [0, 0.05) is 6.04 Å². The minimum atomic E-state index is -1.00. The number of benzene rings is 1. The van der Waals surface area contributed by atoms with Gasteiger partial charge < -0.3 is 10.8 Å². The molecule has 0 heterocycles. The normalized spacial score (nSPS) is 12.5. The summed E-state index contributed by atoms with van der Waals surface area (Å²) in [5, 5.41) is 8.57. The molecule has 0 spiro atoms. The Kier molecular flexibility index (Phi) is 3.82. The van der Waals surface area contributed by atoms with Gasteiger partial charge >= 0.3 is 5.97 Å². The molecule has 1 aromatic carbocycles. The highest BCUT2D eigenvalue weighted by Crippen LogP contribution is 2.28. The van der Waals surface area contributed by atoms with Crippen LogP contribution < -0.4 is 5.73 Å². The van der Waals surface area contributed by atoms with Crippen molar-refractivity contribution in [3.8, 4) is 0 Å². The van der Waals surface area contributed by atoms with Crippen LogP contribution in [0.15, 0.2) is 16.6 Å². The molecule has 0 aliphatic rings. The number of halogens is 2. The van der Waals surface area contributed by atoms with Crippen molar-refractivity contribution < 1.29 is 14.3 Å². The van der Waals surface area contributed by atoms with Crippen LogP contribution in [0.2, 0.25) is 0 Å². The lowest BCUT2D eigenvalue weighted by Crippen LogP contribution is -2.16. The van der Waals surface area contributed by atoms with Crippen molar-refractivity contribution in [3.63, 3.8) is 0 Å². The molecular weight excluding hydrogens is 265 g/mol. The van der Waals surface area contributed by atoms with E-state index in [9.17, 15) is 9.18 Å². The van der Waals surface area contributed by atoms with Crippen LogP contribution >= 0.6 is 15.9 Å². The van der Waals surface area contributed by atoms with Gasteiger partial charge in [0.25, 0.3) is 0 Å². The summed E-state index contributed by atoms with van der Waals surface area (Å²) in [6, 6.07) is 2.51. The van der Waals surface area contributed by atoms with E-state index in [2.05, 4.69) is 15.9 Å². The van der Waals surface area contributed by atoms with Crippen molar-refractivity contribution in [2.24, 2.45) is 5.73 Å². The molecular formula is C10H11BrFNO2. The van der Waals surface area contributed by atoms with Crippen molar-refractivity contribution in [1.82, 2.24) is 0 Å². The van der Waals surface area contributed by atoms with E-state index in [1.165, 1.54) is 0 Å². The minimum absolute atomic E-state index is 0.221. The van der Waals surface area contributed by atoms with Gasteiger partial charge in [-0.1, -0.05) is 12.1 Å². The summed E-state index contributed by atoms with van der Waals surface area (Å²) in [5.74, 6) is -1.40. The zero-order chi connectivity index (χ0) is 11.6. The highest BCUT2D eigenvalue weighted by atomic mass is 79.9. The second-order valence-corrected chi connectivity index (χ2v) is 4.10. The third-order valence-corrected chi connectivity index (χ3v) is 2.91. The predicted octanol–water partition coefficient (Wildman–Crippen LogP) is 2.37. The largest absolute Gasteiger partial charge is 0.481 e. The Bertz CT molecular complexity index is 395. The Morgan fingerprint density at radius 2 is 2.27 bits per heavy atom. The number of hydrogen-bond acceptors (Lipinski definition) is 2. The maximum Gasteiger partial charge on any atom is 0.305 e. The molecule has 1 atom stereocenters. The average molecular weight is 276 g/mol. The SMILES string of the molecule is Cc1ccc(C(N)CC(=O)O)c(Br)c1F. The fourth-order valence-corrected chi connectivity index (χ4v) is 1.98. The first-order chi connectivity index (χ1) is 6.93. The molecule has 0 saturated heterocycles. The van der Waals surface area contributed by atoms with Crippen molar-refractivity contribution in [2.45, 2.75) is 19.4 Å². The second kappa shape index (κ2) is 4.72. The highest BCUT2D eigenvalue weighted by Gasteiger charge is 2.16. The van der Waals surface area contributed by atoms with Crippen LogP contribution in [0.1, 0.15) is 23.6 Å². The Balaban J connectivity index is 3.05. The maximum absolute atomic E-state index is 13.4. The average Bonchev–Trinajstić information content (AvgIpc) is 2.13. The summed E-state index contributed by atoms with van der Waals surface area (Å²) < 4.78 is 13.7. The van der Waals surface area contributed by atoms with E-state index in [1.54, 1.807) is 19.1 Å². The van der Waals surface area contributed by atoms with Crippen LogP contribution in [-0.4, -0.2) is 11.1 Å². The molecule has 0 bridgehead atoms. The van der Waals surface area contributed by atoms with E-state index >= 15 is 0 Å². The van der Waals surface area contributed by atoms with Gasteiger partial charge in [-0.3, -0.25) is 4.79 Å². The molecule has 0 aliphatic heterocycles. The van der Waals surface area contributed by atoms with Crippen LogP contribution in [-0.2, 0) is 4.79 Å². The minimum Gasteiger partial charge on any atom is -0.481 e. The molecule has 0 aromatic heterocycles. The van der Waals surface area contributed by atoms with Gasteiger partial charge in [-0.05, 0) is 34.0 Å². The number of hydrogen-bond donors (Lipinski definition) is 2. The van der Waals surface area contributed by atoms with Crippen molar-refractivity contribution in [1.29, 1.82) is 0 Å². The number of carbonyl (C=O) groups is 1. The van der Waals surface area contributed by atoms with E-state index in [0.29, 0.717) is 11.1 Å². The Morgan fingerprint density at radius 1 is 1.67 bits per heavy atom. The van der Waals surface area contributed by atoms with Crippen LogP contribution in [0, 0.1) is 12.7 Å². The number of carboxylic acids is 1. The van der Waals surface area contributed by atoms with Crippen LogP contribution in [0.25, 0.3) is 0 Å². The molecule has 3 N–H and O–H groups in total. The first-order valence-electron chi connectivity index (χ1n) is 4.35. The third-order valence-electron chi connectivity index (χ3n) is 2.10. The fraction of sp³-hybridized carbons (Fsp3) is 0.300. The van der Waals surface area contributed by atoms with Crippen LogP contribution in [0.4, 0.5) is 4.39 Å². The Labute approximate surface area is 95.2 Å². The van der Waals surface area contributed by atoms with Crippen molar-refractivity contribution >= 4 is 21.9 Å². The molecule has 0 amide bonds. The Hall–Kier alpha value is -0.940. The highest BCUT2D eigenvalue weighted by molar-refractivity contribution is 9.10. The summed E-state index contributed by atoms with van der Waals surface area (Å²) >= 11 is 3.07. The van der Waals surface area contributed by atoms with Crippen molar-refractivity contribution in [2.75, 3.05) is 0 Å². The summed E-state index contributed by atoms with van der Waals surface area (Å²) in [4.78, 5) is 10.5. The molecule has 1 unspecified atom stereocenters. The van der Waals surface area contributed by atoms with Gasteiger partial charge in [-0.15, -0.1) is 0 Å². The number of carboxylic acid groups (broad SMARTS) is 1. The smallest absolute Gasteiger partial charge is 0.305 e. The second-order valence-electron chi connectivity index (χ2n) is 3.30. The molecule has 0 saturated carbocycles. The molecule has 5 heteroatoms. The molecule has 0 aliphatic carbocycles. The van der Waals surface area contributed by atoms with Crippen LogP contribution in [0.5, 0.6) is 0 Å². The van der Waals surface area contributed by atoms with E-state index in [-0.39, 0.29) is 10.9 Å². The van der Waals surface area contributed by atoms with Gasteiger partial charge in [-0.25, -0.2) is 4.39 Å². The maximum atomic E-state index is 13.4. The predicted molar refractivity (Wildman–Crippen MR) is 58.0 cm³/mol. The number of aliphatic carboxylic acids is 1. The molecule has 15 heavy (non-hydrogen) atoms. The lowest BCUT2D eigenvalue weighted by molar-refractivity contribution is -0.137. The zero-order valence-corrected chi connectivity index (χ0v) is 9.71. The monoisotopic (exact) mass is 275 g/mol. The molecule has 0 fully saturated rings.